The molecule has 0 aliphatic heterocycles. The number of thioether (sulfide) groups is 1. The van der Waals surface area contributed by atoms with Gasteiger partial charge in [0.2, 0.25) is 5.91 Å². The van der Waals surface area contributed by atoms with E-state index >= 15 is 0 Å². The Morgan fingerprint density at radius 3 is 2.59 bits per heavy atom. The summed E-state index contributed by atoms with van der Waals surface area (Å²) in [5.74, 6) is 1.41. The Kier molecular flexibility index (Phi) is 6.92. The van der Waals surface area contributed by atoms with Crippen LogP contribution >= 0.6 is 23.1 Å². The van der Waals surface area contributed by atoms with Crippen molar-refractivity contribution in [2.24, 2.45) is 0 Å². The Hall–Kier alpha value is -2.39. The second kappa shape index (κ2) is 9.41. The van der Waals surface area contributed by atoms with Gasteiger partial charge in [-0.25, -0.2) is 4.98 Å². The summed E-state index contributed by atoms with van der Waals surface area (Å²) < 4.78 is 7.97. The molecule has 0 fully saturated rings. The second-order valence-corrected chi connectivity index (χ2v) is 9.08. The molecule has 0 saturated carbocycles. The summed E-state index contributed by atoms with van der Waals surface area (Å²) in [4.78, 5) is 18.0. The molecule has 0 radical (unpaired) electrons. The molecule has 1 aromatic carbocycles. The average molecular weight is 432 g/mol. The lowest BCUT2D eigenvalue weighted by molar-refractivity contribution is -0.115. The van der Waals surface area contributed by atoms with Gasteiger partial charge in [-0.05, 0) is 46.8 Å². The smallest absolute Gasteiger partial charge is 0.239 e. The molecule has 2 heterocycles. The Balaban J connectivity index is 1.68. The first-order chi connectivity index (χ1) is 13.9. The van der Waals surface area contributed by atoms with Crippen LogP contribution in [-0.4, -0.2) is 30.9 Å². The monoisotopic (exact) mass is 431 g/mol. The second-order valence-electron chi connectivity index (χ2n) is 6.57. The molecule has 0 aliphatic rings. The summed E-state index contributed by atoms with van der Waals surface area (Å²) in [6.07, 6.45) is -0.260. The highest BCUT2D eigenvalue weighted by Crippen LogP contribution is 2.28. The lowest BCUT2D eigenvalue weighted by atomic mass is 10.3. The van der Waals surface area contributed by atoms with Crippen LogP contribution in [-0.2, 0) is 11.3 Å². The summed E-state index contributed by atoms with van der Waals surface area (Å²) in [7, 11) is 0. The molecule has 29 heavy (non-hydrogen) atoms. The molecule has 0 bridgehead atoms. The van der Waals surface area contributed by atoms with E-state index in [2.05, 4.69) is 20.5 Å². The van der Waals surface area contributed by atoms with Crippen molar-refractivity contribution in [2.45, 2.75) is 57.7 Å². The normalized spacial score (nSPS) is 13.1. The summed E-state index contributed by atoms with van der Waals surface area (Å²) in [5, 5.41) is 12.5. The minimum atomic E-state index is -0.341. The Morgan fingerprint density at radius 2 is 1.97 bits per heavy atom. The molecule has 7 nitrogen and oxygen atoms in total. The van der Waals surface area contributed by atoms with Gasteiger partial charge in [-0.1, -0.05) is 30.0 Å². The Bertz CT molecular complexity index is 951. The van der Waals surface area contributed by atoms with E-state index in [1.807, 2.05) is 69.5 Å². The zero-order valence-corrected chi connectivity index (χ0v) is 18.8. The predicted molar refractivity (Wildman–Crippen MR) is 117 cm³/mol. The number of hydrogen-bond donors (Lipinski definition) is 1. The van der Waals surface area contributed by atoms with E-state index in [1.54, 1.807) is 0 Å². The SMILES string of the molecule is CCn1c(S[C@H](C)C(=O)Nc2nc(C)c(C)s2)nnc1[C@@H](C)Oc1ccccc1. The van der Waals surface area contributed by atoms with E-state index in [1.165, 1.54) is 23.1 Å². The first-order valence-corrected chi connectivity index (χ1v) is 11.1. The first-order valence-electron chi connectivity index (χ1n) is 9.45. The van der Waals surface area contributed by atoms with E-state index in [4.69, 9.17) is 4.74 Å². The molecule has 1 amide bonds. The van der Waals surface area contributed by atoms with Gasteiger partial charge < -0.3 is 14.6 Å². The number of amides is 1. The quantitative estimate of drug-likeness (QED) is 0.524. The van der Waals surface area contributed by atoms with Crippen molar-refractivity contribution in [2.75, 3.05) is 5.32 Å². The summed E-state index contributed by atoms with van der Waals surface area (Å²) >= 11 is 2.86. The van der Waals surface area contributed by atoms with Crippen molar-refractivity contribution in [1.29, 1.82) is 0 Å². The molecule has 0 spiro atoms. The minimum absolute atomic E-state index is 0.107. The van der Waals surface area contributed by atoms with Gasteiger partial charge >= 0.3 is 0 Å². The highest BCUT2D eigenvalue weighted by molar-refractivity contribution is 8.00. The summed E-state index contributed by atoms with van der Waals surface area (Å²) in [6.45, 7) is 10.4. The molecule has 0 saturated heterocycles. The van der Waals surface area contributed by atoms with Crippen LogP contribution in [0.2, 0.25) is 0 Å². The van der Waals surface area contributed by atoms with Crippen LogP contribution < -0.4 is 10.1 Å². The van der Waals surface area contributed by atoms with Crippen LogP contribution in [0.1, 0.15) is 43.3 Å². The van der Waals surface area contributed by atoms with Crippen LogP contribution in [0.3, 0.4) is 0 Å². The van der Waals surface area contributed by atoms with Crippen LogP contribution in [0.25, 0.3) is 0 Å². The van der Waals surface area contributed by atoms with E-state index in [0.717, 1.165) is 22.1 Å². The third-order valence-electron chi connectivity index (χ3n) is 4.39. The van der Waals surface area contributed by atoms with Crippen LogP contribution in [0, 0.1) is 13.8 Å². The molecule has 3 aromatic rings. The number of aromatic nitrogens is 4. The van der Waals surface area contributed by atoms with Crippen molar-refractivity contribution in [3.63, 3.8) is 0 Å². The fraction of sp³-hybridized carbons (Fsp3) is 0.400. The van der Waals surface area contributed by atoms with Gasteiger partial charge in [0, 0.05) is 11.4 Å². The molecular weight excluding hydrogens is 406 g/mol. The average Bonchev–Trinajstić information content (AvgIpc) is 3.24. The maximum absolute atomic E-state index is 12.6. The van der Waals surface area contributed by atoms with Crippen LogP contribution in [0.4, 0.5) is 5.13 Å². The highest BCUT2D eigenvalue weighted by Gasteiger charge is 2.23. The zero-order valence-electron chi connectivity index (χ0n) is 17.2. The van der Waals surface area contributed by atoms with E-state index in [-0.39, 0.29) is 17.3 Å². The molecule has 154 valence electrons. The van der Waals surface area contributed by atoms with Gasteiger partial charge in [-0.2, -0.15) is 0 Å². The molecule has 0 unspecified atom stereocenters. The Morgan fingerprint density at radius 1 is 1.24 bits per heavy atom. The summed E-state index contributed by atoms with van der Waals surface area (Å²) in [5.41, 5.74) is 0.938. The number of ether oxygens (including phenoxy) is 1. The standard InChI is InChI=1S/C20H25N5O2S2/c1-6-25-17(13(3)27-16-10-8-7-9-11-16)23-24-20(25)29-15(5)18(26)22-19-21-12(2)14(4)28-19/h7-11,13,15H,6H2,1-5H3,(H,21,22,26)/t13-,15-/m1/s1. The Labute approximate surface area is 178 Å². The lowest BCUT2D eigenvalue weighted by Gasteiger charge is -2.16. The number of hydrogen-bond acceptors (Lipinski definition) is 7. The number of nitrogens with zero attached hydrogens (tertiary/aromatic N) is 4. The van der Waals surface area contributed by atoms with Gasteiger partial charge in [0.1, 0.15) is 5.75 Å². The maximum Gasteiger partial charge on any atom is 0.239 e. The summed E-state index contributed by atoms with van der Waals surface area (Å²) in [6, 6.07) is 9.63. The van der Waals surface area contributed by atoms with Crippen molar-refractivity contribution in [3.8, 4) is 5.75 Å². The molecule has 3 rings (SSSR count). The number of carbonyl (C=O) groups excluding carboxylic acids is 1. The number of aryl methyl sites for hydroxylation is 2. The number of benzene rings is 1. The van der Waals surface area contributed by atoms with Gasteiger partial charge in [0.05, 0.1) is 10.9 Å². The molecular formula is C20H25N5O2S2. The van der Waals surface area contributed by atoms with Gasteiger partial charge in [0.15, 0.2) is 22.2 Å². The number of rotatable bonds is 8. The van der Waals surface area contributed by atoms with Gasteiger partial charge in [0.25, 0.3) is 0 Å². The zero-order chi connectivity index (χ0) is 21.0. The lowest BCUT2D eigenvalue weighted by Crippen LogP contribution is -2.23. The van der Waals surface area contributed by atoms with Crippen molar-refractivity contribution >= 4 is 34.1 Å². The van der Waals surface area contributed by atoms with Gasteiger partial charge in [-0.3, -0.25) is 4.79 Å². The topological polar surface area (TPSA) is 81.9 Å². The maximum atomic E-state index is 12.6. The minimum Gasteiger partial charge on any atom is -0.483 e. The molecule has 1 N–H and O–H groups in total. The molecule has 2 atom stereocenters. The van der Waals surface area contributed by atoms with E-state index in [9.17, 15) is 4.79 Å². The number of carbonyl (C=O) groups is 1. The number of anilines is 1. The highest BCUT2D eigenvalue weighted by atomic mass is 32.2. The van der Waals surface area contributed by atoms with Crippen LogP contribution in [0.5, 0.6) is 5.75 Å². The van der Waals surface area contributed by atoms with Crippen molar-refractivity contribution in [1.82, 2.24) is 19.7 Å². The first kappa shape index (κ1) is 21.3. The molecule has 2 aromatic heterocycles. The number of para-hydroxylation sites is 1. The fourth-order valence-corrected chi connectivity index (χ4v) is 4.42. The predicted octanol–water partition coefficient (Wildman–Crippen LogP) is 4.63. The van der Waals surface area contributed by atoms with Crippen molar-refractivity contribution < 1.29 is 9.53 Å². The van der Waals surface area contributed by atoms with E-state index < -0.39 is 0 Å². The number of nitrogens with one attached hydrogen (secondary N) is 1. The largest absolute Gasteiger partial charge is 0.483 e. The third-order valence-corrected chi connectivity index (χ3v) is 6.46. The van der Waals surface area contributed by atoms with Gasteiger partial charge in [-0.15, -0.1) is 21.5 Å². The van der Waals surface area contributed by atoms with Crippen molar-refractivity contribution in [3.05, 3.63) is 46.7 Å². The fourth-order valence-electron chi connectivity index (χ4n) is 2.69. The third kappa shape index (κ3) is 5.16. The van der Waals surface area contributed by atoms with Crippen LogP contribution in [0.15, 0.2) is 35.5 Å². The molecule has 0 aliphatic carbocycles. The molecule has 9 heteroatoms. The number of thiazole rings is 1. The van der Waals surface area contributed by atoms with E-state index in [0.29, 0.717) is 16.8 Å².